The van der Waals surface area contributed by atoms with Gasteiger partial charge >= 0.3 is 0 Å². The Morgan fingerprint density at radius 3 is 0.967 bits per heavy atom. The lowest BCUT2D eigenvalue weighted by Crippen LogP contribution is -1.94. The summed E-state index contributed by atoms with van der Waals surface area (Å²) in [5, 5.41) is 19.8. The molecule has 0 saturated carbocycles. The monoisotopic (exact) mass is 1570 g/mol. The van der Waals surface area contributed by atoms with Crippen molar-refractivity contribution < 1.29 is 4.42 Å². The average Bonchev–Trinajstić information content (AvgIpc) is 1.58. The van der Waals surface area contributed by atoms with Crippen LogP contribution in [0.15, 0.2) is 441 Å². The molecular weight excluding hydrogens is 1500 g/mol. The van der Waals surface area contributed by atoms with Crippen molar-refractivity contribution in [2.24, 2.45) is 0 Å². The summed E-state index contributed by atoms with van der Waals surface area (Å²) in [5.74, 6) is 0. The van der Waals surface area contributed by atoms with Crippen molar-refractivity contribution in [1.29, 1.82) is 0 Å². The summed E-state index contributed by atoms with van der Waals surface area (Å²) < 4.78 is 18.8. The fourth-order valence-electron chi connectivity index (χ4n) is 19.6. The van der Waals surface area contributed by atoms with Crippen molar-refractivity contribution in [1.82, 2.24) is 18.3 Å². The highest BCUT2D eigenvalue weighted by atomic mass is 32.1. The van der Waals surface area contributed by atoms with E-state index in [9.17, 15) is 0 Å². The molecule has 6 heterocycles. The highest BCUT2D eigenvalue weighted by Gasteiger charge is 2.23. The lowest BCUT2D eigenvalue weighted by atomic mass is 9.97. The topological polar surface area (TPSA) is 32.9 Å². The Labute approximate surface area is 706 Å². The van der Waals surface area contributed by atoms with E-state index in [0.29, 0.717) is 0 Å². The molecule has 568 valence electrons. The molecule has 6 aromatic heterocycles. The first-order valence-corrected chi connectivity index (χ1v) is 42.6. The highest BCUT2D eigenvalue weighted by Crippen LogP contribution is 2.47. The average molecular weight is 1570 g/mol. The first kappa shape index (κ1) is 69.3. The van der Waals surface area contributed by atoms with E-state index in [1.165, 1.54) is 179 Å². The normalized spacial score (nSPS) is 11.9. The second kappa shape index (κ2) is 27.9. The number of benzene rings is 20. The Hall–Kier alpha value is -15.9. The molecule has 0 amide bonds. The zero-order valence-electron chi connectivity index (χ0n) is 66.2. The minimum absolute atomic E-state index is 0.906. The second-order valence-electron chi connectivity index (χ2n) is 32.2. The molecule has 0 spiro atoms. The Kier molecular flexibility index (Phi) is 15.8. The van der Waals surface area contributed by atoms with Gasteiger partial charge < -0.3 is 22.7 Å². The van der Waals surface area contributed by atoms with Crippen molar-refractivity contribution >= 4 is 162 Å². The third-order valence-corrected chi connectivity index (χ3v) is 26.6. The molecule has 0 bridgehead atoms. The molecule has 122 heavy (non-hydrogen) atoms. The zero-order valence-corrected chi connectivity index (χ0v) is 67.0. The summed E-state index contributed by atoms with van der Waals surface area (Å²) in [6.45, 7) is 0. The van der Waals surface area contributed by atoms with Gasteiger partial charge in [0, 0.05) is 102 Å². The van der Waals surface area contributed by atoms with Crippen LogP contribution in [0.25, 0.3) is 240 Å². The molecule has 26 rings (SSSR count). The molecule has 0 radical (unpaired) electrons. The van der Waals surface area contributed by atoms with E-state index in [1.807, 2.05) is 17.4 Å². The third-order valence-electron chi connectivity index (χ3n) is 25.4. The van der Waals surface area contributed by atoms with Crippen LogP contribution in [0, 0.1) is 0 Å². The largest absolute Gasteiger partial charge is 0.455 e. The summed E-state index contributed by atoms with van der Waals surface area (Å²) in [4.78, 5) is 0. The lowest BCUT2D eigenvalue weighted by Gasteiger charge is -2.11. The van der Waals surface area contributed by atoms with Gasteiger partial charge in [-0.25, -0.2) is 0 Å². The van der Waals surface area contributed by atoms with Gasteiger partial charge in [-0.3, -0.25) is 0 Å². The van der Waals surface area contributed by atoms with Gasteiger partial charge in [-0.1, -0.05) is 273 Å². The van der Waals surface area contributed by atoms with Crippen LogP contribution in [0.5, 0.6) is 0 Å². The van der Waals surface area contributed by atoms with Crippen LogP contribution < -0.4 is 0 Å². The van der Waals surface area contributed by atoms with Crippen LogP contribution in [-0.2, 0) is 0 Å². The van der Waals surface area contributed by atoms with E-state index in [2.05, 4.69) is 449 Å². The lowest BCUT2D eigenvalue weighted by molar-refractivity contribution is 0.670. The predicted molar refractivity (Wildman–Crippen MR) is 518 cm³/mol. The molecule has 0 aliphatic carbocycles. The molecule has 0 aliphatic rings. The van der Waals surface area contributed by atoms with Gasteiger partial charge in [0.2, 0.25) is 0 Å². The number of furan rings is 1. The standard InChI is InChI=1S/C58H36N2O.C58H36N2S/c1-2-13-44(14-3-1)59-53-19-8-6-15-47(53)50-34-41(25-30-54(50)59)42-26-31-55-51(35-42)52-36-43(46-17-10-18-49-48-16-7-9-20-57(48)61-58(46)49)27-32-56(52)60(55)45-28-23-38(24-29-45)40-22-21-37-11-4-5-12-39(37)33-40;1-2-13-44(14-3-1)59-52-18-8-6-15-47(52)49-34-41(25-30-53(49)59)42-26-31-54-50(35-42)51-36-43(46-17-10-20-57-58(46)48-16-7-9-19-56(48)61-57)27-32-55(51)60(54)45-28-23-38(24-29-45)40-22-21-37-11-4-5-12-39(37)33-40/h2*1-36H. The number of hydrogen-bond acceptors (Lipinski definition) is 2. The van der Waals surface area contributed by atoms with Crippen molar-refractivity contribution in [2.45, 2.75) is 0 Å². The Bertz CT molecular complexity index is 8750. The smallest absolute Gasteiger partial charge is 0.143 e. The van der Waals surface area contributed by atoms with Gasteiger partial charge in [0.15, 0.2) is 0 Å². The van der Waals surface area contributed by atoms with Gasteiger partial charge in [0.25, 0.3) is 0 Å². The Balaban J connectivity index is 0.000000134. The number of fused-ring (bicyclic) bond motifs is 20. The van der Waals surface area contributed by atoms with Crippen LogP contribution in [0.2, 0.25) is 0 Å². The number of aromatic nitrogens is 4. The van der Waals surface area contributed by atoms with Crippen LogP contribution in [0.3, 0.4) is 0 Å². The molecular formula is C116H72N4OS. The molecule has 0 saturated heterocycles. The van der Waals surface area contributed by atoms with E-state index in [-0.39, 0.29) is 0 Å². The fourth-order valence-corrected chi connectivity index (χ4v) is 20.8. The SMILES string of the molecule is c1ccc(-n2c3ccccc3c3cc(-c4ccc5c(c4)c4cc(-c6cccc7c6oc6ccccc67)ccc4n5-c4ccc(-c5ccc6ccccc6c5)cc4)ccc32)cc1.c1ccc(-n2c3ccccc3c3cc(-c4ccc5c(c4)c4cc(-c6cccc7sc8ccccc8c67)ccc4n5-c4ccc(-c5ccc6ccccc6c5)cc4)ccc32)cc1. The number of thiophene rings is 1. The maximum atomic E-state index is 6.55. The van der Waals surface area contributed by atoms with Gasteiger partial charge in [0.05, 0.1) is 44.1 Å². The zero-order chi connectivity index (χ0) is 80.0. The molecule has 20 aromatic carbocycles. The summed E-state index contributed by atoms with van der Waals surface area (Å²) in [7, 11) is 0. The van der Waals surface area contributed by atoms with Crippen LogP contribution >= 0.6 is 11.3 Å². The first-order chi connectivity index (χ1) is 60.5. The molecule has 0 aliphatic heterocycles. The van der Waals surface area contributed by atoms with Crippen molar-refractivity contribution in [3.63, 3.8) is 0 Å². The molecule has 0 atom stereocenters. The minimum Gasteiger partial charge on any atom is -0.455 e. The van der Waals surface area contributed by atoms with Crippen molar-refractivity contribution in [3.8, 4) is 89.5 Å². The van der Waals surface area contributed by atoms with Gasteiger partial charge in [-0.05, 0) is 247 Å². The molecule has 6 heteroatoms. The molecule has 5 nitrogen and oxygen atoms in total. The van der Waals surface area contributed by atoms with Crippen LogP contribution in [0.4, 0.5) is 0 Å². The molecule has 0 N–H and O–H groups in total. The Morgan fingerprint density at radius 2 is 0.484 bits per heavy atom. The number of rotatable bonds is 10. The van der Waals surface area contributed by atoms with E-state index in [4.69, 9.17) is 4.42 Å². The quantitative estimate of drug-likeness (QED) is 0.134. The summed E-state index contributed by atoms with van der Waals surface area (Å²) >= 11 is 1.87. The second-order valence-corrected chi connectivity index (χ2v) is 33.3. The highest BCUT2D eigenvalue weighted by molar-refractivity contribution is 7.26. The first-order valence-electron chi connectivity index (χ1n) is 41.8. The maximum absolute atomic E-state index is 6.55. The van der Waals surface area contributed by atoms with E-state index >= 15 is 0 Å². The van der Waals surface area contributed by atoms with Gasteiger partial charge in [0.1, 0.15) is 11.2 Å². The number of hydrogen-bond donors (Lipinski definition) is 0. The summed E-state index contributed by atoms with van der Waals surface area (Å²) in [6, 6.07) is 160. The fraction of sp³-hybridized carbons (Fsp3) is 0. The van der Waals surface area contributed by atoms with Crippen molar-refractivity contribution in [3.05, 3.63) is 437 Å². The summed E-state index contributed by atoms with van der Waals surface area (Å²) in [6.07, 6.45) is 0. The molecule has 0 fully saturated rings. The van der Waals surface area contributed by atoms with E-state index in [1.54, 1.807) is 0 Å². The third kappa shape index (κ3) is 11.2. The van der Waals surface area contributed by atoms with Crippen molar-refractivity contribution in [2.75, 3.05) is 0 Å². The maximum Gasteiger partial charge on any atom is 0.143 e. The molecule has 26 aromatic rings. The minimum atomic E-state index is 0.906. The van der Waals surface area contributed by atoms with Crippen LogP contribution in [-0.4, -0.2) is 18.3 Å². The van der Waals surface area contributed by atoms with E-state index in [0.717, 1.165) is 61.2 Å². The Morgan fingerprint density at radius 1 is 0.172 bits per heavy atom. The number of nitrogens with zero attached hydrogens (tertiary/aromatic N) is 4. The van der Waals surface area contributed by atoms with E-state index < -0.39 is 0 Å². The number of para-hydroxylation sites is 6. The van der Waals surface area contributed by atoms with Crippen LogP contribution in [0.1, 0.15) is 0 Å². The van der Waals surface area contributed by atoms with Gasteiger partial charge in [-0.2, -0.15) is 0 Å². The predicted octanol–water partition coefficient (Wildman–Crippen LogP) is 32.3. The summed E-state index contributed by atoms with van der Waals surface area (Å²) in [5.41, 5.74) is 30.3. The molecule has 0 unspecified atom stereocenters. The van der Waals surface area contributed by atoms with Gasteiger partial charge in [-0.15, -0.1) is 11.3 Å².